The molecule has 0 saturated carbocycles. The predicted molar refractivity (Wildman–Crippen MR) is 87.1 cm³/mol. The Kier molecular flexibility index (Phi) is 5.57. The Balaban J connectivity index is 0.00000176. The van der Waals surface area contributed by atoms with Gasteiger partial charge in [0.15, 0.2) is 0 Å². The monoisotopic (exact) mass is 321 g/mol. The van der Waals surface area contributed by atoms with Crippen molar-refractivity contribution in [2.45, 2.75) is 19.4 Å². The van der Waals surface area contributed by atoms with E-state index in [9.17, 15) is 4.79 Å². The molecule has 22 heavy (non-hydrogen) atoms. The summed E-state index contributed by atoms with van der Waals surface area (Å²) in [6.07, 6.45) is 0.937. The van der Waals surface area contributed by atoms with E-state index in [1.807, 2.05) is 30.3 Å². The largest absolute Gasteiger partial charge is 0.350 e. The predicted octanol–water partition coefficient (Wildman–Crippen LogP) is 2.49. The standard InChI is InChI=1S/C16H19N3O2.ClH/c1-11-10-17-8-7-13(11)18-16(20)15-9-14(19-21-15)12-5-3-2-4-6-12;/h2-6,9,11,13,17H,7-8,10H2,1H3,(H,18,20);1H. The molecule has 1 saturated heterocycles. The van der Waals surface area contributed by atoms with Crippen molar-refractivity contribution in [2.75, 3.05) is 13.1 Å². The van der Waals surface area contributed by atoms with Gasteiger partial charge in [0.05, 0.1) is 0 Å². The second-order valence-electron chi connectivity index (χ2n) is 5.49. The normalized spacial score (nSPS) is 21.0. The molecule has 2 N–H and O–H groups in total. The third-order valence-electron chi connectivity index (χ3n) is 3.91. The molecule has 2 heterocycles. The van der Waals surface area contributed by atoms with E-state index in [0.29, 0.717) is 11.6 Å². The number of aromatic nitrogens is 1. The van der Waals surface area contributed by atoms with Crippen molar-refractivity contribution in [3.8, 4) is 11.3 Å². The summed E-state index contributed by atoms with van der Waals surface area (Å²) < 4.78 is 5.18. The van der Waals surface area contributed by atoms with Gasteiger partial charge >= 0.3 is 0 Å². The lowest BCUT2D eigenvalue weighted by Gasteiger charge is -2.29. The maximum absolute atomic E-state index is 12.2. The van der Waals surface area contributed by atoms with Gasteiger partial charge in [0, 0.05) is 17.7 Å². The lowest BCUT2D eigenvalue weighted by Crippen LogP contribution is -2.48. The molecule has 1 fully saturated rings. The average molecular weight is 322 g/mol. The number of carbonyl (C=O) groups excluding carboxylic acids is 1. The van der Waals surface area contributed by atoms with Crippen molar-refractivity contribution in [1.82, 2.24) is 15.8 Å². The highest BCUT2D eigenvalue weighted by atomic mass is 35.5. The van der Waals surface area contributed by atoms with Crippen LogP contribution in [0, 0.1) is 5.92 Å². The molecule has 1 aliphatic rings. The number of nitrogens with zero attached hydrogens (tertiary/aromatic N) is 1. The molecule has 2 unspecified atom stereocenters. The minimum absolute atomic E-state index is 0. The minimum atomic E-state index is -0.191. The summed E-state index contributed by atoms with van der Waals surface area (Å²) >= 11 is 0. The van der Waals surface area contributed by atoms with Crippen molar-refractivity contribution in [1.29, 1.82) is 0 Å². The number of hydrogen-bond acceptors (Lipinski definition) is 4. The molecule has 1 aromatic carbocycles. The fraction of sp³-hybridized carbons (Fsp3) is 0.375. The molecule has 1 aliphatic heterocycles. The van der Waals surface area contributed by atoms with Crippen LogP contribution >= 0.6 is 12.4 Å². The third kappa shape index (κ3) is 3.67. The van der Waals surface area contributed by atoms with Crippen LogP contribution in [0.4, 0.5) is 0 Å². The maximum Gasteiger partial charge on any atom is 0.290 e. The highest BCUT2D eigenvalue weighted by Gasteiger charge is 2.24. The van der Waals surface area contributed by atoms with E-state index in [1.165, 1.54) is 0 Å². The summed E-state index contributed by atoms with van der Waals surface area (Å²) in [5.41, 5.74) is 1.62. The van der Waals surface area contributed by atoms with Crippen LogP contribution in [0.25, 0.3) is 11.3 Å². The lowest BCUT2D eigenvalue weighted by molar-refractivity contribution is 0.0877. The van der Waals surface area contributed by atoms with Crippen molar-refractivity contribution >= 4 is 18.3 Å². The van der Waals surface area contributed by atoms with Gasteiger partial charge in [0.2, 0.25) is 5.76 Å². The van der Waals surface area contributed by atoms with Gasteiger partial charge in [0.25, 0.3) is 5.91 Å². The van der Waals surface area contributed by atoms with Gasteiger partial charge in [-0.25, -0.2) is 0 Å². The molecule has 0 aliphatic carbocycles. The number of nitrogens with one attached hydrogen (secondary N) is 2. The van der Waals surface area contributed by atoms with Crippen LogP contribution in [0.5, 0.6) is 0 Å². The first-order chi connectivity index (χ1) is 10.2. The highest BCUT2D eigenvalue weighted by molar-refractivity contribution is 5.92. The second-order valence-corrected chi connectivity index (χ2v) is 5.49. The number of carbonyl (C=O) groups is 1. The van der Waals surface area contributed by atoms with Gasteiger partial charge < -0.3 is 15.2 Å². The van der Waals surface area contributed by atoms with Crippen LogP contribution in [0.2, 0.25) is 0 Å². The zero-order valence-electron chi connectivity index (χ0n) is 12.4. The van der Waals surface area contributed by atoms with Gasteiger partial charge in [-0.15, -0.1) is 12.4 Å². The SMILES string of the molecule is CC1CNCCC1NC(=O)c1cc(-c2ccccc2)no1.Cl. The van der Waals surface area contributed by atoms with Gasteiger partial charge in [-0.2, -0.15) is 0 Å². The van der Waals surface area contributed by atoms with E-state index >= 15 is 0 Å². The van der Waals surface area contributed by atoms with Crippen molar-refractivity contribution in [2.24, 2.45) is 5.92 Å². The van der Waals surface area contributed by atoms with E-state index in [4.69, 9.17) is 4.52 Å². The fourth-order valence-corrected chi connectivity index (χ4v) is 2.60. The molecule has 2 atom stereocenters. The fourth-order valence-electron chi connectivity index (χ4n) is 2.60. The Labute approximate surface area is 135 Å². The number of piperidine rings is 1. The van der Waals surface area contributed by atoms with Crippen LogP contribution < -0.4 is 10.6 Å². The van der Waals surface area contributed by atoms with E-state index in [0.717, 1.165) is 25.1 Å². The zero-order chi connectivity index (χ0) is 14.7. The molecule has 3 rings (SSSR count). The minimum Gasteiger partial charge on any atom is -0.350 e. The quantitative estimate of drug-likeness (QED) is 0.911. The molecule has 1 amide bonds. The van der Waals surface area contributed by atoms with E-state index in [1.54, 1.807) is 6.07 Å². The van der Waals surface area contributed by atoms with Crippen LogP contribution in [0.15, 0.2) is 40.9 Å². The number of hydrogen-bond donors (Lipinski definition) is 2. The van der Waals surface area contributed by atoms with Crippen LogP contribution in [0.1, 0.15) is 23.9 Å². The van der Waals surface area contributed by atoms with E-state index in [2.05, 4.69) is 22.7 Å². The van der Waals surface area contributed by atoms with E-state index < -0.39 is 0 Å². The van der Waals surface area contributed by atoms with Crippen LogP contribution in [0.3, 0.4) is 0 Å². The number of rotatable bonds is 3. The van der Waals surface area contributed by atoms with Crippen LogP contribution in [-0.4, -0.2) is 30.2 Å². The Bertz CT molecular complexity index is 615. The molecule has 0 spiro atoms. The first kappa shape index (κ1) is 16.5. The molecule has 118 valence electrons. The van der Waals surface area contributed by atoms with Gasteiger partial charge in [0.1, 0.15) is 5.69 Å². The van der Waals surface area contributed by atoms with Crippen LogP contribution in [-0.2, 0) is 0 Å². The first-order valence-corrected chi connectivity index (χ1v) is 7.28. The second kappa shape index (κ2) is 7.42. The summed E-state index contributed by atoms with van der Waals surface area (Å²) in [5, 5.41) is 10.3. The molecule has 1 aromatic heterocycles. The van der Waals surface area contributed by atoms with Gasteiger partial charge in [-0.3, -0.25) is 4.79 Å². The Morgan fingerprint density at radius 1 is 1.36 bits per heavy atom. The first-order valence-electron chi connectivity index (χ1n) is 7.28. The number of halogens is 1. The molecular weight excluding hydrogens is 302 g/mol. The van der Waals surface area contributed by atoms with Gasteiger partial charge in [-0.05, 0) is 25.4 Å². The molecule has 5 nitrogen and oxygen atoms in total. The summed E-state index contributed by atoms with van der Waals surface area (Å²) in [4.78, 5) is 12.2. The maximum atomic E-state index is 12.2. The summed E-state index contributed by atoms with van der Waals surface area (Å²) in [6, 6.07) is 11.6. The summed E-state index contributed by atoms with van der Waals surface area (Å²) in [6.45, 7) is 3.99. The Morgan fingerprint density at radius 2 is 2.14 bits per heavy atom. The Morgan fingerprint density at radius 3 is 2.86 bits per heavy atom. The lowest BCUT2D eigenvalue weighted by atomic mass is 9.95. The molecule has 0 radical (unpaired) electrons. The number of benzene rings is 1. The highest BCUT2D eigenvalue weighted by Crippen LogP contribution is 2.19. The van der Waals surface area contributed by atoms with Crippen molar-refractivity contribution < 1.29 is 9.32 Å². The van der Waals surface area contributed by atoms with Crippen molar-refractivity contribution in [3.63, 3.8) is 0 Å². The molecule has 6 heteroatoms. The molecule has 2 aromatic rings. The molecule has 0 bridgehead atoms. The zero-order valence-corrected chi connectivity index (χ0v) is 13.2. The van der Waals surface area contributed by atoms with Gasteiger partial charge in [-0.1, -0.05) is 42.4 Å². The molecular formula is C16H20ClN3O2. The number of amides is 1. The van der Waals surface area contributed by atoms with Crippen molar-refractivity contribution in [3.05, 3.63) is 42.2 Å². The topological polar surface area (TPSA) is 67.2 Å². The Hall–Kier alpha value is -1.85. The summed E-state index contributed by atoms with van der Waals surface area (Å²) in [7, 11) is 0. The van der Waals surface area contributed by atoms with E-state index in [-0.39, 0.29) is 30.1 Å². The summed E-state index contributed by atoms with van der Waals surface area (Å²) in [5.74, 6) is 0.488. The smallest absolute Gasteiger partial charge is 0.290 e. The average Bonchev–Trinajstić information content (AvgIpc) is 3.00. The third-order valence-corrected chi connectivity index (χ3v) is 3.91.